The van der Waals surface area contributed by atoms with Crippen LogP contribution in [0.15, 0.2) is 64.9 Å². The van der Waals surface area contributed by atoms with E-state index in [9.17, 15) is 10.1 Å². The molecule has 0 saturated carbocycles. The van der Waals surface area contributed by atoms with Crippen LogP contribution in [0.1, 0.15) is 14.5 Å². The lowest BCUT2D eigenvalue weighted by molar-refractivity contribution is 0.104. The first-order valence-corrected chi connectivity index (χ1v) is 8.54. The molecule has 0 N–H and O–H groups in total. The van der Waals surface area contributed by atoms with E-state index < -0.39 is 0 Å². The number of carbonyl (C=O) groups excluding carboxylic acids is 1. The summed E-state index contributed by atoms with van der Waals surface area (Å²) in [5.41, 5.74) is 0.104. The van der Waals surface area contributed by atoms with Crippen molar-refractivity contribution in [2.75, 3.05) is 0 Å². The molecule has 0 aliphatic carbocycles. The van der Waals surface area contributed by atoms with Crippen molar-refractivity contribution in [3.8, 4) is 17.6 Å². The molecule has 0 atom stereocenters. The van der Waals surface area contributed by atoms with Crippen LogP contribution in [0.5, 0.6) is 11.5 Å². The number of ether oxygens (including phenoxy) is 1. The number of rotatable bonds is 5. The number of allylic oxidation sites excluding steroid dienone is 1. The van der Waals surface area contributed by atoms with Crippen LogP contribution in [-0.2, 0) is 0 Å². The minimum Gasteiger partial charge on any atom is -0.456 e. The summed E-state index contributed by atoms with van der Waals surface area (Å²) in [5.74, 6) is 1.08. The van der Waals surface area contributed by atoms with Gasteiger partial charge in [-0.15, -0.1) is 22.7 Å². The number of hydrogen-bond donors (Lipinski definition) is 0. The number of Topliss-reactive ketones (excluding diaryl/α,β-unsaturated/α-hetero) is 1. The minimum absolute atomic E-state index is 0.104. The van der Waals surface area contributed by atoms with Crippen molar-refractivity contribution in [1.82, 2.24) is 0 Å². The molecule has 3 nitrogen and oxygen atoms in total. The van der Waals surface area contributed by atoms with Gasteiger partial charge in [0.05, 0.1) is 9.75 Å². The summed E-state index contributed by atoms with van der Waals surface area (Å²) in [6, 6.07) is 16.7. The van der Waals surface area contributed by atoms with E-state index in [1.54, 1.807) is 18.2 Å². The van der Waals surface area contributed by atoms with Gasteiger partial charge in [0.2, 0.25) is 5.78 Å². The second-order valence-electron chi connectivity index (χ2n) is 4.54. The van der Waals surface area contributed by atoms with Gasteiger partial charge in [-0.3, -0.25) is 4.79 Å². The molecule has 0 saturated heterocycles. The number of thiophene rings is 2. The number of hydrogen-bond acceptors (Lipinski definition) is 5. The molecular weight excluding hydrogens is 326 g/mol. The zero-order valence-corrected chi connectivity index (χ0v) is 13.6. The van der Waals surface area contributed by atoms with Crippen LogP contribution in [0.4, 0.5) is 0 Å². The van der Waals surface area contributed by atoms with Crippen molar-refractivity contribution in [1.29, 1.82) is 5.26 Å². The molecule has 0 unspecified atom stereocenters. The molecule has 3 aromatic rings. The van der Waals surface area contributed by atoms with Crippen LogP contribution >= 0.6 is 22.7 Å². The Morgan fingerprint density at radius 1 is 1.04 bits per heavy atom. The highest BCUT2D eigenvalue weighted by atomic mass is 32.1. The molecule has 112 valence electrons. The number of nitriles is 1. The van der Waals surface area contributed by atoms with E-state index in [1.807, 2.05) is 53.2 Å². The van der Waals surface area contributed by atoms with E-state index in [1.165, 1.54) is 22.7 Å². The standard InChI is InChI=1S/C18H11NO2S2/c19-12-13(18(20)16-7-4-9-22-16)11-17-15(8-10-23-17)21-14-5-2-1-3-6-14/h1-11H/b13-11+. The fraction of sp³-hybridized carbons (Fsp3) is 0. The molecule has 0 radical (unpaired) electrons. The lowest BCUT2D eigenvalue weighted by Gasteiger charge is -2.04. The average molecular weight is 337 g/mol. The van der Waals surface area contributed by atoms with E-state index >= 15 is 0 Å². The van der Waals surface area contributed by atoms with Crippen molar-refractivity contribution < 1.29 is 9.53 Å². The smallest absolute Gasteiger partial charge is 0.213 e. The fourth-order valence-corrected chi connectivity index (χ4v) is 3.36. The predicted molar refractivity (Wildman–Crippen MR) is 93.1 cm³/mol. The topological polar surface area (TPSA) is 50.1 Å². The summed E-state index contributed by atoms with van der Waals surface area (Å²) in [6.45, 7) is 0. The molecule has 0 aliphatic rings. The Bertz CT molecular complexity index is 871. The Labute approximate surface area is 141 Å². The van der Waals surface area contributed by atoms with Gasteiger partial charge in [0.25, 0.3) is 0 Å². The van der Waals surface area contributed by atoms with Gasteiger partial charge in [-0.1, -0.05) is 24.3 Å². The monoisotopic (exact) mass is 337 g/mol. The largest absolute Gasteiger partial charge is 0.456 e. The number of para-hydroxylation sites is 1. The van der Waals surface area contributed by atoms with E-state index in [0.29, 0.717) is 16.4 Å². The van der Waals surface area contributed by atoms with Gasteiger partial charge >= 0.3 is 0 Å². The van der Waals surface area contributed by atoms with Crippen molar-refractivity contribution in [3.63, 3.8) is 0 Å². The Kier molecular flexibility index (Phi) is 4.67. The summed E-state index contributed by atoms with van der Waals surface area (Å²) >= 11 is 2.75. The van der Waals surface area contributed by atoms with Crippen molar-refractivity contribution in [2.24, 2.45) is 0 Å². The third-order valence-electron chi connectivity index (χ3n) is 3.01. The third kappa shape index (κ3) is 3.57. The van der Waals surface area contributed by atoms with Gasteiger partial charge in [-0.05, 0) is 41.1 Å². The van der Waals surface area contributed by atoms with Crippen LogP contribution in [0.3, 0.4) is 0 Å². The second kappa shape index (κ2) is 7.05. The lowest BCUT2D eigenvalue weighted by Crippen LogP contribution is -1.98. The highest BCUT2D eigenvalue weighted by Crippen LogP contribution is 2.32. The molecule has 0 amide bonds. The quantitative estimate of drug-likeness (QED) is 0.356. The molecule has 3 rings (SSSR count). The molecule has 0 fully saturated rings. The Morgan fingerprint density at radius 3 is 2.57 bits per heavy atom. The van der Waals surface area contributed by atoms with Crippen LogP contribution in [-0.4, -0.2) is 5.78 Å². The fourth-order valence-electron chi connectivity index (χ4n) is 1.93. The van der Waals surface area contributed by atoms with Gasteiger partial charge in [-0.2, -0.15) is 5.26 Å². The van der Waals surface area contributed by atoms with Crippen LogP contribution in [0.2, 0.25) is 0 Å². The zero-order valence-electron chi connectivity index (χ0n) is 11.9. The van der Waals surface area contributed by atoms with E-state index in [4.69, 9.17) is 4.74 Å². The Hall–Kier alpha value is -2.68. The molecule has 1 aromatic carbocycles. The maximum atomic E-state index is 12.3. The zero-order chi connectivity index (χ0) is 16.1. The maximum absolute atomic E-state index is 12.3. The van der Waals surface area contributed by atoms with Gasteiger partial charge in [-0.25, -0.2) is 0 Å². The first kappa shape index (κ1) is 15.2. The normalized spacial score (nSPS) is 11.0. The third-order valence-corrected chi connectivity index (χ3v) is 4.73. The molecule has 0 bridgehead atoms. The minimum atomic E-state index is -0.262. The molecule has 2 heterocycles. The van der Waals surface area contributed by atoms with Crippen LogP contribution in [0.25, 0.3) is 6.08 Å². The van der Waals surface area contributed by atoms with Crippen molar-refractivity contribution in [3.05, 3.63) is 74.6 Å². The average Bonchev–Trinajstić information content (AvgIpc) is 3.25. The van der Waals surface area contributed by atoms with Gasteiger partial charge in [0.1, 0.15) is 23.1 Å². The highest BCUT2D eigenvalue weighted by molar-refractivity contribution is 7.12. The molecule has 5 heteroatoms. The first-order valence-electron chi connectivity index (χ1n) is 6.78. The number of benzene rings is 1. The predicted octanol–water partition coefficient (Wildman–Crippen LogP) is 5.39. The highest BCUT2D eigenvalue weighted by Gasteiger charge is 2.15. The molecule has 2 aromatic heterocycles. The summed E-state index contributed by atoms with van der Waals surface area (Å²) in [7, 11) is 0. The van der Waals surface area contributed by atoms with Gasteiger partial charge in [0, 0.05) is 0 Å². The Morgan fingerprint density at radius 2 is 1.87 bits per heavy atom. The SMILES string of the molecule is N#C/C(=C\c1sccc1Oc1ccccc1)C(=O)c1cccs1. The summed E-state index contributed by atoms with van der Waals surface area (Å²) in [6.07, 6.45) is 1.59. The number of ketones is 1. The van der Waals surface area contributed by atoms with Crippen LogP contribution < -0.4 is 4.74 Å². The molecule has 23 heavy (non-hydrogen) atoms. The first-order chi connectivity index (χ1) is 11.3. The van der Waals surface area contributed by atoms with E-state index in [-0.39, 0.29) is 11.4 Å². The van der Waals surface area contributed by atoms with Crippen molar-refractivity contribution in [2.45, 2.75) is 0 Å². The summed E-state index contributed by atoms with van der Waals surface area (Å²) < 4.78 is 5.81. The summed E-state index contributed by atoms with van der Waals surface area (Å²) in [4.78, 5) is 13.6. The Balaban J connectivity index is 1.89. The van der Waals surface area contributed by atoms with Gasteiger partial charge < -0.3 is 4.74 Å². The lowest BCUT2D eigenvalue weighted by atomic mass is 10.1. The number of nitrogens with zero attached hydrogens (tertiary/aromatic N) is 1. The maximum Gasteiger partial charge on any atom is 0.213 e. The molecule has 0 spiro atoms. The van der Waals surface area contributed by atoms with E-state index in [0.717, 1.165) is 4.88 Å². The van der Waals surface area contributed by atoms with E-state index in [2.05, 4.69) is 0 Å². The second-order valence-corrected chi connectivity index (χ2v) is 6.44. The van der Waals surface area contributed by atoms with Crippen LogP contribution in [0, 0.1) is 11.3 Å². The molecule has 0 aliphatic heterocycles. The molecular formula is C18H11NO2S2. The van der Waals surface area contributed by atoms with Crippen molar-refractivity contribution >= 4 is 34.5 Å². The summed E-state index contributed by atoms with van der Waals surface area (Å²) in [5, 5.41) is 13.0. The number of carbonyl (C=O) groups is 1. The van der Waals surface area contributed by atoms with Gasteiger partial charge in [0.15, 0.2) is 0 Å².